The van der Waals surface area contributed by atoms with Crippen LogP contribution in [0.1, 0.15) is 45.1 Å². The molecule has 2 unspecified atom stereocenters. The zero-order valence-corrected chi connectivity index (χ0v) is 20.8. The summed E-state index contributed by atoms with van der Waals surface area (Å²) in [6, 6.07) is 7.66. The summed E-state index contributed by atoms with van der Waals surface area (Å²) in [6.07, 6.45) is 1.16. The van der Waals surface area contributed by atoms with E-state index in [9.17, 15) is 19.2 Å². The van der Waals surface area contributed by atoms with Crippen LogP contribution >= 0.6 is 11.6 Å². The fourth-order valence-corrected chi connectivity index (χ4v) is 4.28. The van der Waals surface area contributed by atoms with Gasteiger partial charge in [-0.05, 0) is 50.3 Å². The van der Waals surface area contributed by atoms with Crippen LogP contribution in [0.2, 0.25) is 0 Å². The van der Waals surface area contributed by atoms with E-state index in [2.05, 4.69) is 5.32 Å². The van der Waals surface area contributed by atoms with Gasteiger partial charge in [0, 0.05) is 33.1 Å². The summed E-state index contributed by atoms with van der Waals surface area (Å²) in [5, 5.41) is 2.41. The van der Waals surface area contributed by atoms with E-state index in [1.165, 1.54) is 16.8 Å². The van der Waals surface area contributed by atoms with Crippen LogP contribution in [0, 0.1) is 0 Å². The lowest BCUT2D eigenvalue weighted by Crippen LogP contribution is -2.59. The van der Waals surface area contributed by atoms with E-state index in [0.29, 0.717) is 32.5 Å². The van der Waals surface area contributed by atoms with Crippen LogP contribution in [0.5, 0.6) is 0 Å². The van der Waals surface area contributed by atoms with Gasteiger partial charge < -0.3 is 25.6 Å². The van der Waals surface area contributed by atoms with Gasteiger partial charge in [-0.3, -0.25) is 19.2 Å². The third-order valence-electron chi connectivity index (χ3n) is 6.07. The molecule has 1 aromatic carbocycles. The van der Waals surface area contributed by atoms with E-state index in [1.807, 2.05) is 30.3 Å². The topological polar surface area (TPSA) is 122 Å². The molecule has 0 saturated carbocycles. The number of rotatable bonds is 12. The predicted molar refractivity (Wildman–Crippen MR) is 129 cm³/mol. The third-order valence-corrected chi connectivity index (χ3v) is 6.29. The summed E-state index contributed by atoms with van der Waals surface area (Å²) in [6.45, 7) is 4.71. The zero-order chi connectivity index (χ0) is 25.3. The van der Waals surface area contributed by atoms with Gasteiger partial charge in [-0.2, -0.15) is 0 Å². The second-order valence-corrected chi connectivity index (χ2v) is 9.28. The van der Waals surface area contributed by atoms with Gasteiger partial charge in [-0.15, -0.1) is 0 Å². The number of amides is 2. The Kier molecular flexibility index (Phi) is 10.5. The maximum Gasteiger partial charge on any atom is 0.317 e. The van der Waals surface area contributed by atoms with Crippen LogP contribution in [0.4, 0.5) is 4.79 Å². The van der Waals surface area contributed by atoms with Crippen molar-refractivity contribution >= 4 is 34.6 Å². The molecule has 1 aliphatic rings. The van der Waals surface area contributed by atoms with Gasteiger partial charge in [0.1, 0.15) is 12.6 Å². The zero-order valence-electron chi connectivity index (χ0n) is 20.1. The van der Waals surface area contributed by atoms with Crippen LogP contribution in [-0.4, -0.2) is 77.1 Å². The van der Waals surface area contributed by atoms with Crippen molar-refractivity contribution in [2.24, 2.45) is 5.73 Å². The lowest BCUT2D eigenvalue weighted by Gasteiger charge is -2.36. The number of hydrogen-bond acceptors (Lipinski definition) is 7. The minimum Gasteiger partial charge on any atom is -0.461 e. The molecule has 2 atom stereocenters. The second-order valence-electron chi connectivity index (χ2n) is 8.96. The summed E-state index contributed by atoms with van der Waals surface area (Å²) < 4.78 is 5.34. The van der Waals surface area contributed by atoms with Crippen molar-refractivity contribution in [2.45, 2.75) is 63.8 Å². The maximum atomic E-state index is 13.5. The highest BCUT2D eigenvalue weighted by molar-refractivity contribution is 6.63. The van der Waals surface area contributed by atoms with Crippen molar-refractivity contribution in [1.82, 2.24) is 15.1 Å². The van der Waals surface area contributed by atoms with Crippen LogP contribution in [0.3, 0.4) is 0 Å². The number of nitrogens with one attached hydrogen (secondary N) is 1. The number of hydrogen-bond donors (Lipinski definition) is 2. The Balaban J connectivity index is 2.13. The summed E-state index contributed by atoms with van der Waals surface area (Å²) in [7, 11) is 1.52. The first-order valence-corrected chi connectivity index (χ1v) is 11.9. The number of carbonyl (C=O) groups excluding carboxylic acids is 4. The molecule has 1 aliphatic heterocycles. The standard InChI is InChI=1S/C24H35ClN4O5/c1-24(2,27-14-13-26)21(31)18(11-12-20(30)34-16-17-8-5-4-6-9-17)28(3)22(32)19-10-7-15-29(19)23(25)33/h4-6,8-9,18-19,27H,7,10-16,26H2,1-3H3. The molecule has 2 amide bonds. The Morgan fingerprint density at radius 1 is 1.26 bits per heavy atom. The minimum absolute atomic E-state index is 0.0450. The molecule has 3 N–H and O–H groups in total. The van der Waals surface area contributed by atoms with E-state index >= 15 is 0 Å². The van der Waals surface area contributed by atoms with Crippen molar-refractivity contribution in [1.29, 1.82) is 0 Å². The summed E-state index contributed by atoms with van der Waals surface area (Å²) in [5.41, 5.74) is 5.45. The van der Waals surface area contributed by atoms with Crippen molar-refractivity contribution in [3.8, 4) is 0 Å². The summed E-state index contributed by atoms with van der Waals surface area (Å²) in [5.74, 6) is -1.10. The normalized spacial score (nSPS) is 16.7. The number of benzene rings is 1. The van der Waals surface area contributed by atoms with E-state index in [1.54, 1.807) is 13.8 Å². The molecule has 9 nitrogen and oxygen atoms in total. The van der Waals surface area contributed by atoms with Gasteiger partial charge in [-0.25, -0.2) is 0 Å². The number of ketones is 1. The largest absolute Gasteiger partial charge is 0.461 e. The molecule has 0 spiro atoms. The lowest BCUT2D eigenvalue weighted by molar-refractivity contribution is -0.148. The first kappa shape index (κ1) is 27.8. The molecular weight excluding hydrogens is 460 g/mol. The van der Waals surface area contributed by atoms with Crippen LogP contribution in [-0.2, 0) is 25.7 Å². The number of nitrogens with two attached hydrogens (primary N) is 1. The molecule has 0 bridgehead atoms. The summed E-state index contributed by atoms with van der Waals surface area (Å²) >= 11 is 5.65. The van der Waals surface area contributed by atoms with Crippen molar-refractivity contribution < 1.29 is 23.9 Å². The quantitative estimate of drug-likeness (QED) is 0.259. The van der Waals surface area contributed by atoms with Gasteiger partial charge >= 0.3 is 11.3 Å². The van der Waals surface area contributed by atoms with Crippen molar-refractivity contribution in [3.63, 3.8) is 0 Å². The van der Waals surface area contributed by atoms with E-state index < -0.39 is 29.0 Å². The molecular formula is C24H35ClN4O5. The molecule has 188 valence electrons. The Bertz CT molecular complexity index is 864. The number of halogens is 1. The predicted octanol–water partition coefficient (Wildman–Crippen LogP) is 2.06. The minimum atomic E-state index is -0.982. The Morgan fingerprint density at radius 3 is 2.56 bits per heavy atom. The Morgan fingerprint density at radius 2 is 1.94 bits per heavy atom. The first-order valence-electron chi connectivity index (χ1n) is 11.5. The number of carbonyl (C=O) groups is 4. The Hall–Kier alpha value is -2.49. The van der Waals surface area contributed by atoms with Gasteiger partial charge in [0.2, 0.25) is 5.91 Å². The number of ether oxygens (including phenoxy) is 1. The van der Waals surface area contributed by atoms with Gasteiger partial charge in [0.15, 0.2) is 5.78 Å². The molecule has 10 heteroatoms. The molecule has 1 heterocycles. The van der Waals surface area contributed by atoms with Gasteiger partial charge in [0.25, 0.3) is 0 Å². The van der Waals surface area contributed by atoms with E-state index in [0.717, 1.165) is 5.56 Å². The van der Waals surface area contributed by atoms with Crippen molar-refractivity contribution in [2.75, 3.05) is 26.7 Å². The third kappa shape index (κ3) is 7.51. The second kappa shape index (κ2) is 12.8. The molecule has 1 saturated heterocycles. The van der Waals surface area contributed by atoms with Gasteiger partial charge in [0.05, 0.1) is 11.6 Å². The van der Waals surface area contributed by atoms with E-state index in [4.69, 9.17) is 22.1 Å². The fourth-order valence-electron chi connectivity index (χ4n) is 4.08. The fraction of sp³-hybridized carbons (Fsp3) is 0.583. The SMILES string of the molecule is CN(C(=O)C1CCCN1C(=O)Cl)C(CCC(=O)OCc1ccccc1)C(=O)C(C)(C)NCCN. The smallest absolute Gasteiger partial charge is 0.317 e. The Labute approximate surface area is 205 Å². The highest BCUT2D eigenvalue weighted by atomic mass is 35.5. The molecule has 1 aromatic rings. The molecule has 0 radical (unpaired) electrons. The average Bonchev–Trinajstić information content (AvgIpc) is 3.32. The van der Waals surface area contributed by atoms with Crippen LogP contribution in [0.25, 0.3) is 0 Å². The highest BCUT2D eigenvalue weighted by Crippen LogP contribution is 2.24. The van der Waals surface area contributed by atoms with Crippen LogP contribution in [0.15, 0.2) is 30.3 Å². The maximum absolute atomic E-state index is 13.5. The van der Waals surface area contributed by atoms with Crippen molar-refractivity contribution in [3.05, 3.63) is 35.9 Å². The van der Waals surface area contributed by atoms with Crippen LogP contribution < -0.4 is 11.1 Å². The number of nitrogens with zero attached hydrogens (tertiary/aromatic N) is 2. The number of likely N-dealkylation sites (N-methyl/N-ethyl adjacent to an activating group) is 1. The summed E-state index contributed by atoms with van der Waals surface area (Å²) in [4.78, 5) is 53.6. The first-order chi connectivity index (χ1) is 16.1. The molecule has 2 rings (SSSR count). The monoisotopic (exact) mass is 494 g/mol. The average molecular weight is 495 g/mol. The molecule has 0 aromatic heterocycles. The lowest BCUT2D eigenvalue weighted by atomic mass is 9.89. The number of likely N-dealkylation sites (tertiary alicyclic amines) is 1. The molecule has 34 heavy (non-hydrogen) atoms. The number of Topliss-reactive ketones (excluding diaryl/α,β-unsaturated/α-hetero) is 1. The number of esters is 1. The molecule has 1 fully saturated rings. The molecule has 0 aliphatic carbocycles. The highest BCUT2D eigenvalue weighted by Gasteiger charge is 2.41. The van der Waals surface area contributed by atoms with Gasteiger partial charge in [-0.1, -0.05) is 30.3 Å². The van der Waals surface area contributed by atoms with E-state index in [-0.39, 0.29) is 31.1 Å².